The van der Waals surface area contributed by atoms with Gasteiger partial charge in [-0.25, -0.2) is 4.98 Å². The summed E-state index contributed by atoms with van der Waals surface area (Å²) in [5, 5.41) is 3.43. The van der Waals surface area contributed by atoms with Crippen LogP contribution in [-0.2, 0) is 13.1 Å². The van der Waals surface area contributed by atoms with E-state index in [0.717, 1.165) is 23.7 Å². The number of nitrogens with zero attached hydrogens (tertiary/aromatic N) is 2. The Hall–Kier alpha value is -2.18. The van der Waals surface area contributed by atoms with E-state index >= 15 is 0 Å². The molecule has 0 amide bonds. The first-order chi connectivity index (χ1) is 11.2. The topological polar surface area (TPSA) is 55.9 Å². The van der Waals surface area contributed by atoms with Crippen LogP contribution in [0.25, 0.3) is 0 Å². The first-order valence-electron chi connectivity index (χ1n) is 7.47. The van der Waals surface area contributed by atoms with Crippen LogP contribution < -0.4 is 24.4 Å². The Balaban J connectivity index is 0.00000208. The predicted octanol–water partition coefficient (Wildman–Crippen LogP) is 2.60. The summed E-state index contributed by atoms with van der Waals surface area (Å²) in [5.74, 6) is 3.07. The fraction of sp³-hybridized carbons (Fsp3) is 0.353. The third-order valence-electron chi connectivity index (χ3n) is 3.64. The molecule has 0 fully saturated rings. The number of halogens is 1. The number of nitrogens with one attached hydrogen (secondary N) is 1. The molecule has 1 N–H and O–H groups in total. The molecular formula is C17H22ClN3O3. The van der Waals surface area contributed by atoms with Gasteiger partial charge in [0.2, 0.25) is 12.5 Å². The lowest BCUT2D eigenvalue weighted by Crippen LogP contribution is -2.15. The van der Waals surface area contributed by atoms with Crippen LogP contribution in [0.15, 0.2) is 30.5 Å². The van der Waals surface area contributed by atoms with E-state index in [4.69, 9.17) is 14.2 Å². The van der Waals surface area contributed by atoms with Crippen molar-refractivity contribution in [2.75, 3.05) is 32.9 Å². The molecule has 1 aliphatic heterocycles. The molecule has 0 bridgehead atoms. The van der Waals surface area contributed by atoms with Crippen LogP contribution in [0.5, 0.6) is 17.2 Å². The van der Waals surface area contributed by atoms with Crippen molar-refractivity contribution in [1.29, 1.82) is 0 Å². The highest BCUT2D eigenvalue weighted by molar-refractivity contribution is 5.85. The third-order valence-corrected chi connectivity index (χ3v) is 3.64. The smallest absolute Gasteiger partial charge is 0.231 e. The number of pyridine rings is 1. The monoisotopic (exact) mass is 351 g/mol. The first kappa shape index (κ1) is 18.2. The van der Waals surface area contributed by atoms with Crippen molar-refractivity contribution in [3.8, 4) is 17.2 Å². The third kappa shape index (κ3) is 4.01. The van der Waals surface area contributed by atoms with E-state index in [1.807, 2.05) is 43.4 Å². The van der Waals surface area contributed by atoms with Crippen LogP contribution in [0.2, 0.25) is 0 Å². The number of benzene rings is 1. The maximum absolute atomic E-state index is 5.44. The zero-order chi connectivity index (χ0) is 16.2. The van der Waals surface area contributed by atoms with Gasteiger partial charge in [-0.3, -0.25) is 0 Å². The van der Waals surface area contributed by atoms with Crippen molar-refractivity contribution < 1.29 is 14.2 Å². The molecule has 0 aliphatic carbocycles. The van der Waals surface area contributed by atoms with Crippen molar-refractivity contribution in [3.63, 3.8) is 0 Å². The van der Waals surface area contributed by atoms with Gasteiger partial charge in [0.25, 0.3) is 0 Å². The van der Waals surface area contributed by atoms with Crippen LogP contribution >= 0.6 is 12.4 Å². The summed E-state index contributed by atoms with van der Waals surface area (Å²) in [5.41, 5.74) is 2.28. The van der Waals surface area contributed by atoms with Crippen molar-refractivity contribution >= 4 is 18.2 Å². The second kappa shape index (κ2) is 8.08. The number of aromatic nitrogens is 1. The van der Waals surface area contributed by atoms with Gasteiger partial charge in [0, 0.05) is 33.4 Å². The molecule has 0 radical (unpaired) electrons. The van der Waals surface area contributed by atoms with Gasteiger partial charge in [-0.2, -0.15) is 0 Å². The van der Waals surface area contributed by atoms with Gasteiger partial charge in [-0.15, -0.1) is 12.4 Å². The van der Waals surface area contributed by atoms with Gasteiger partial charge >= 0.3 is 0 Å². The minimum atomic E-state index is 0. The molecule has 2 aromatic rings. The molecule has 0 spiro atoms. The average molecular weight is 352 g/mol. The molecule has 2 heterocycles. The van der Waals surface area contributed by atoms with E-state index in [1.54, 1.807) is 7.11 Å². The highest BCUT2D eigenvalue weighted by Gasteiger charge is 2.19. The van der Waals surface area contributed by atoms with Gasteiger partial charge < -0.3 is 24.4 Å². The molecule has 24 heavy (non-hydrogen) atoms. The average Bonchev–Trinajstić information content (AvgIpc) is 3.03. The van der Waals surface area contributed by atoms with Crippen LogP contribution in [0, 0.1) is 0 Å². The largest absolute Gasteiger partial charge is 0.493 e. The van der Waals surface area contributed by atoms with Crippen molar-refractivity contribution in [2.45, 2.75) is 13.1 Å². The van der Waals surface area contributed by atoms with Gasteiger partial charge in [0.15, 0.2) is 11.5 Å². The lowest BCUT2D eigenvalue weighted by atomic mass is 10.1. The van der Waals surface area contributed by atoms with Gasteiger partial charge in [0.05, 0.1) is 7.11 Å². The number of fused-ring (bicyclic) bond motifs is 1. The fourth-order valence-corrected chi connectivity index (χ4v) is 2.45. The standard InChI is InChI=1S/C17H21N3O3.ClH/c1-20(2)16-8-12(4-5-19-16)9-18-10-13-6-14(21-3)17-15(7-13)22-11-23-17;/h4-8,18H,9-11H2,1-3H3;1H. The maximum Gasteiger partial charge on any atom is 0.231 e. The Morgan fingerprint density at radius 1 is 1.17 bits per heavy atom. The van der Waals surface area contributed by atoms with E-state index in [9.17, 15) is 0 Å². The molecule has 6 nitrogen and oxygen atoms in total. The summed E-state index contributed by atoms with van der Waals surface area (Å²) in [4.78, 5) is 6.31. The Kier molecular flexibility index (Phi) is 6.11. The van der Waals surface area contributed by atoms with E-state index < -0.39 is 0 Å². The number of anilines is 1. The van der Waals surface area contributed by atoms with Gasteiger partial charge in [-0.05, 0) is 35.4 Å². The van der Waals surface area contributed by atoms with Crippen LogP contribution in [0.1, 0.15) is 11.1 Å². The molecule has 0 saturated heterocycles. The Bertz CT molecular complexity index is 695. The first-order valence-corrected chi connectivity index (χ1v) is 7.47. The molecule has 1 aromatic heterocycles. The van der Waals surface area contributed by atoms with E-state index in [2.05, 4.69) is 16.4 Å². The van der Waals surface area contributed by atoms with Gasteiger partial charge in [0.1, 0.15) is 5.82 Å². The fourth-order valence-electron chi connectivity index (χ4n) is 2.45. The molecule has 3 rings (SSSR count). The molecule has 1 aromatic carbocycles. The van der Waals surface area contributed by atoms with E-state index in [-0.39, 0.29) is 19.2 Å². The highest BCUT2D eigenvalue weighted by atomic mass is 35.5. The highest BCUT2D eigenvalue weighted by Crippen LogP contribution is 2.41. The summed E-state index contributed by atoms with van der Waals surface area (Å²) >= 11 is 0. The van der Waals surface area contributed by atoms with Crippen LogP contribution in [0.4, 0.5) is 5.82 Å². The zero-order valence-electron chi connectivity index (χ0n) is 14.0. The Morgan fingerprint density at radius 2 is 1.96 bits per heavy atom. The quantitative estimate of drug-likeness (QED) is 0.863. The second-order valence-electron chi connectivity index (χ2n) is 5.55. The Labute approximate surface area is 148 Å². The number of hydrogen-bond acceptors (Lipinski definition) is 6. The van der Waals surface area contributed by atoms with Crippen molar-refractivity contribution in [1.82, 2.24) is 10.3 Å². The lowest BCUT2D eigenvalue weighted by Gasteiger charge is -2.13. The second-order valence-corrected chi connectivity index (χ2v) is 5.55. The lowest BCUT2D eigenvalue weighted by molar-refractivity contribution is 0.171. The summed E-state index contributed by atoms with van der Waals surface area (Å²) in [6.45, 7) is 1.72. The Morgan fingerprint density at radius 3 is 2.71 bits per heavy atom. The summed E-state index contributed by atoms with van der Waals surface area (Å²) in [7, 11) is 5.60. The van der Waals surface area contributed by atoms with Gasteiger partial charge in [-0.1, -0.05) is 0 Å². The van der Waals surface area contributed by atoms with Crippen LogP contribution in [0.3, 0.4) is 0 Å². The number of methoxy groups -OCH3 is 1. The molecule has 1 aliphatic rings. The molecule has 0 atom stereocenters. The van der Waals surface area contributed by atoms with Crippen molar-refractivity contribution in [3.05, 3.63) is 41.6 Å². The minimum absolute atomic E-state index is 0. The minimum Gasteiger partial charge on any atom is -0.493 e. The molecule has 0 unspecified atom stereocenters. The van der Waals surface area contributed by atoms with Crippen LogP contribution in [-0.4, -0.2) is 33.0 Å². The van der Waals surface area contributed by atoms with E-state index in [1.165, 1.54) is 5.56 Å². The predicted molar refractivity (Wildman–Crippen MR) is 95.5 cm³/mol. The number of ether oxygens (including phenoxy) is 3. The maximum atomic E-state index is 5.44. The number of rotatable bonds is 6. The molecular weight excluding hydrogens is 330 g/mol. The summed E-state index contributed by atoms with van der Waals surface area (Å²) < 4.78 is 16.2. The zero-order valence-corrected chi connectivity index (χ0v) is 14.9. The summed E-state index contributed by atoms with van der Waals surface area (Å²) in [6, 6.07) is 8.04. The van der Waals surface area contributed by atoms with Crippen molar-refractivity contribution in [2.24, 2.45) is 0 Å². The molecule has 130 valence electrons. The molecule has 7 heteroatoms. The number of hydrogen-bond donors (Lipinski definition) is 1. The normalized spacial score (nSPS) is 11.8. The van der Waals surface area contributed by atoms with E-state index in [0.29, 0.717) is 18.0 Å². The molecule has 0 saturated carbocycles. The summed E-state index contributed by atoms with van der Waals surface area (Å²) in [6.07, 6.45) is 1.83. The SMILES string of the molecule is COc1cc(CNCc2ccnc(N(C)C)c2)cc2c1OCO2.Cl.